The topological polar surface area (TPSA) is 51.1 Å². The molecule has 0 atom stereocenters. The maximum absolute atomic E-state index is 13.4. The van der Waals surface area contributed by atoms with Crippen molar-refractivity contribution < 1.29 is 14.0 Å². The third-order valence-corrected chi connectivity index (χ3v) is 3.07. The van der Waals surface area contributed by atoms with Gasteiger partial charge in [-0.25, -0.2) is 4.39 Å². The van der Waals surface area contributed by atoms with Crippen molar-refractivity contribution in [3.63, 3.8) is 0 Å². The fourth-order valence-electron chi connectivity index (χ4n) is 1.85. The molecule has 1 amide bonds. The zero-order chi connectivity index (χ0) is 14.9. The van der Waals surface area contributed by atoms with Crippen LogP contribution < -0.4 is 5.32 Å². The van der Waals surface area contributed by atoms with Crippen molar-refractivity contribution >= 4 is 17.4 Å². The van der Waals surface area contributed by atoms with Crippen molar-refractivity contribution in [3.8, 4) is 0 Å². The molecule has 0 unspecified atom stereocenters. The molecule has 1 N–H and O–H groups in total. The normalized spacial score (nSPS) is 10.4. The number of carbonyl (C=O) groups excluding carboxylic acids is 2. The maximum atomic E-state index is 13.4. The minimum absolute atomic E-state index is 0.110. The van der Waals surface area contributed by atoms with Crippen LogP contribution in [-0.4, -0.2) is 16.3 Å². The molecule has 0 aliphatic carbocycles. The number of hydrogen-bond acceptors (Lipinski definition) is 2. The summed E-state index contributed by atoms with van der Waals surface area (Å²) in [6.07, 6.45) is 1.59. The van der Waals surface area contributed by atoms with E-state index in [1.807, 2.05) is 0 Å². The number of halogens is 1. The Balaban J connectivity index is 2.23. The number of carbonyl (C=O) groups is 2. The van der Waals surface area contributed by atoms with E-state index in [0.717, 1.165) is 0 Å². The number of rotatable bonds is 3. The van der Waals surface area contributed by atoms with Crippen molar-refractivity contribution in [2.75, 3.05) is 5.32 Å². The van der Waals surface area contributed by atoms with Crippen LogP contribution in [0.15, 0.2) is 30.5 Å². The van der Waals surface area contributed by atoms with Crippen LogP contribution >= 0.6 is 0 Å². The number of aryl methyl sites for hydroxylation is 2. The number of aromatic nitrogens is 1. The Hall–Kier alpha value is -2.43. The van der Waals surface area contributed by atoms with Gasteiger partial charge in [-0.15, -0.1) is 0 Å². The molecule has 104 valence electrons. The molecule has 0 bridgehead atoms. The fourth-order valence-corrected chi connectivity index (χ4v) is 1.85. The number of hydrogen-bond donors (Lipinski definition) is 1. The Labute approximate surface area is 116 Å². The summed E-state index contributed by atoms with van der Waals surface area (Å²) in [5, 5.41) is 2.61. The van der Waals surface area contributed by atoms with E-state index in [9.17, 15) is 14.0 Å². The molecule has 20 heavy (non-hydrogen) atoms. The Morgan fingerprint density at radius 2 is 1.95 bits per heavy atom. The second kappa shape index (κ2) is 5.28. The smallest absolute Gasteiger partial charge is 0.272 e. The summed E-state index contributed by atoms with van der Waals surface area (Å²) in [5.41, 5.74) is 1.70. The lowest BCUT2D eigenvalue weighted by atomic mass is 10.2. The summed E-state index contributed by atoms with van der Waals surface area (Å²) in [5.74, 6) is -0.872. The van der Waals surface area contributed by atoms with E-state index < -0.39 is 0 Å². The highest BCUT2D eigenvalue weighted by molar-refractivity contribution is 6.05. The highest BCUT2D eigenvalue weighted by atomic mass is 19.1. The summed E-state index contributed by atoms with van der Waals surface area (Å²) in [6.45, 7) is 3.09. The first kappa shape index (κ1) is 14.0. The van der Waals surface area contributed by atoms with Gasteiger partial charge in [0.25, 0.3) is 5.91 Å². The van der Waals surface area contributed by atoms with Crippen LogP contribution in [0.25, 0.3) is 0 Å². The number of benzene rings is 1. The molecule has 0 saturated carbocycles. The molecular weight excluding hydrogens is 259 g/mol. The summed E-state index contributed by atoms with van der Waals surface area (Å²) >= 11 is 0. The van der Waals surface area contributed by atoms with Gasteiger partial charge in [0.1, 0.15) is 11.5 Å². The molecule has 2 aromatic rings. The van der Waals surface area contributed by atoms with Gasteiger partial charge in [-0.05, 0) is 37.6 Å². The lowest BCUT2D eigenvalue weighted by Gasteiger charge is -2.07. The van der Waals surface area contributed by atoms with Gasteiger partial charge in [0.15, 0.2) is 5.78 Å². The quantitative estimate of drug-likeness (QED) is 0.875. The molecule has 4 nitrogen and oxygen atoms in total. The van der Waals surface area contributed by atoms with Crippen LogP contribution in [0.3, 0.4) is 0 Å². The van der Waals surface area contributed by atoms with Gasteiger partial charge >= 0.3 is 0 Å². The zero-order valence-electron chi connectivity index (χ0n) is 11.5. The van der Waals surface area contributed by atoms with Crippen LogP contribution in [0.5, 0.6) is 0 Å². The Kier molecular flexibility index (Phi) is 3.70. The predicted octanol–water partition coefficient (Wildman–Crippen LogP) is 2.93. The van der Waals surface area contributed by atoms with Crippen LogP contribution in [-0.2, 0) is 7.05 Å². The first-order chi connectivity index (χ1) is 9.38. The number of nitrogens with one attached hydrogen (secondary N) is 1. The fraction of sp³-hybridized carbons (Fsp3) is 0.200. The largest absolute Gasteiger partial charge is 0.346 e. The summed E-state index contributed by atoms with van der Waals surface area (Å²) in [6, 6.07) is 6.01. The second-order valence-corrected chi connectivity index (χ2v) is 4.70. The summed E-state index contributed by atoms with van der Waals surface area (Å²) in [7, 11) is 1.68. The predicted molar refractivity (Wildman–Crippen MR) is 74.5 cm³/mol. The van der Waals surface area contributed by atoms with Crippen molar-refractivity contribution in [2.24, 2.45) is 7.05 Å². The standard InChI is InChI=1S/C15H15FN2O2/c1-9-4-5-12(7-13(9)16)17-15(20)14-6-11(10(2)19)8-18(14)3/h4-8H,1-3H3,(H,17,20). The molecule has 0 radical (unpaired) electrons. The van der Waals surface area contributed by atoms with Gasteiger partial charge in [0.2, 0.25) is 0 Å². The van der Waals surface area contributed by atoms with Crippen LogP contribution in [0.1, 0.15) is 33.3 Å². The lowest BCUT2D eigenvalue weighted by molar-refractivity contribution is 0.101. The van der Waals surface area contributed by atoms with E-state index in [-0.39, 0.29) is 17.5 Å². The van der Waals surface area contributed by atoms with E-state index in [1.165, 1.54) is 19.1 Å². The molecule has 0 fully saturated rings. The van der Waals surface area contributed by atoms with E-state index in [4.69, 9.17) is 0 Å². The van der Waals surface area contributed by atoms with E-state index in [2.05, 4.69) is 5.32 Å². The van der Waals surface area contributed by atoms with Gasteiger partial charge in [-0.1, -0.05) is 6.07 Å². The Morgan fingerprint density at radius 1 is 1.25 bits per heavy atom. The van der Waals surface area contributed by atoms with Crippen LogP contribution in [0, 0.1) is 12.7 Å². The molecule has 1 aromatic carbocycles. The molecule has 1 heterocycles. The number of Topliss-reactive ketones (excluding diaryl/α,β-unsaturated/α-hetero) is 1. The summed E-state index contributed by atoms with van der Waals surface area (Å²) < 4.78 is 15.0. The Bertz CT molecular complexity index is 689. The van der Waals surface area contributed by atoms with E-state index >= 15 is 0 Å². The third kappa shape index (κ3) is 2.77. The first-order valence-corrected chi connectivity index (χ1v) is 6.13. The highest BCUT2D eigenvalue weighted by Crippen LogP contribution is 2.15. The molecular formula is C15H15FN2O2. The molecule has 0 aliphatic heterocycles. The van der Waals surface area contributed by atoms with E-state index in [0.29, 0.717) is 22.5 Å². The van der Waals surface area contributed by atoms with E-state index in [1.54, 1.807) is 36.9 Å². The summed E-state index contributed by atoms with van der Waals surface area (Å²) in [4.78, 5) is 23.4. The molecule has 0 spiro atoms. The molecule has 2 rings (SSSR count). The van der Waals surface area contributed by atoms with Gasteiger partial charge in [0, 0.05) is 24.5 Å². The minimum atomic E-state index is -0.386. The second-order valence-electron chi connectivity index (χ2n) is 4.70. The van der Waals surface area contributed by atoms with Crippen molar-refractivity contribution in [1.29, 1.82) is 0 Å². The Morgan fingerprint density at radius 3 is 2.50 bits per heavy atom. The number of amides is 1. The highest BCUT2D eigenvalue weighted by Gasteiger charge is 2.14. The molecule has 0 aliphatic rings. The number of anilines is 1. The lowest BCUT2D eigenvalue weighted by Crippen LogP contribution is -2.15. The van der Waals surface area contributed by atoms with Crippen molar-refractivity contribution in [3.05, 3.63) is 53.1 Å². The molecule has 0 saturated heterocycles. The van der Waals surface area contributed by atoms with Crippen molar-refractivity contribution in [1.82, 2.24) is 4.57 Å². The van der Waals surface area contributed by atoms with Crippen LogP contribution in [0.4, 0.5) is 10.1 Å². The average molecular weight is 274 g/mol. The SMILES string of the molecule is CC(=O)c1cc(C(=O)Nc2ccc(C)c(F)c2)n(C)c1. The third-order valence-electron chi connectivity index (χ3n) is 3.07. The molecule has 5 heteroatoms. The first-order valence-electron chi connectivity index (χ1n) is 6.13. The average Bonchev–Trinajstić information content (AvgIpc) is 2.76. The number of nitrogens with zero attached hydrogens (tertiary/aromatic N) is 1. The van der Waals surface area contributed by atoms with Gasteiger partial charge in [-0.3, -0.25) is 9.59 Å². The maximum Gasteiger partial charge on any atom is 0.272 e. The van der Waals surface area contributed by atoms with Gasteiger partial charge in [0.05, 0.1) is 0 Å². The minimum Gasteiger partial charge on any atom is -0.346 e. The molecule has 1 aromatic heterocycles. The number of ketones is 1. The zero-order valence-corrected chi connectivity index (χ0v) is 11.5. The van der Waals surface area contributed by atoms with Crippen LogP contribution in [0.2, 0.25) is 0 Å². The van der Waals surface area contributed by atoms with Gasteiger partial charge in [-0.2, -0.15) is 0 Å². The van der Waals surface area contributed by atoms with Crippen molar-refractivity contribution in [2.45, 2.75) is 13.8 Å². The monoisotopic (exact) mass is 274 g/mol. The van der Waals surface area contributed by atoms with Gasteiger partial charge < -0.3 is 9.88 Å².